The average molecular weight is 762 g/mol. The van der Waals surface area contributed by atoms with E-state index < -0.39 is 41.6 Å². The van der Waals surface area contributed by atoms with Crippen LogP contribution in [0.15, 0.2) is 72.2 Å². The topological polar surface area (TPSA) is 207 Å². The minimum absolute atomic E-state index is 0.0762. The number of pyridine rings is 1. The predicted molar refractivity (Wildman–Crippen MR) is 203 cm³/mol. The molecule has 17 heteroatoms. The van der Waals surface area contributed by atoms with Crippen LogP contribution in [0.4, 0.5) is 15.9 Å². The van der Waals surface area contributed by atoms with Gasteiger partial charge in [-0.3, -0.25) is 39.3 Å². The van der Waals surface area contributed by atoms with Gasteiger partial charge in [0, 0.05) is 79.6 Å². The fraction of sp³-hybridized carbons (Fsp3) is 0.333. The maximum Gasteiger partial charge on any atom is 0.262 e. The number of aromatic nitrogens is 4. The first-order valence-corrected chi connectivity index (χ1v) is 18.5. The quantitative estimate of drug-likeness (QED) is 0.158. The van der Waals surface area contributed by atoms with E-state index in [1.54, 1.807) is 43.6 Å². The second-order valence-electron chi connectivity index (χ2n) is 14.3. The van der Waals surface area contributed by atoms with E-state index in [0.717, 1.165) is 49.6 Å². The lowest BCUT2D eigenvalue weighted by molar-refractivity contribution is -0.136. The zero-order chi connectivity index (χ0) is 39.1. The number of nitrogen functional groups attached to an aromatic ring is 1. The van der Waals surface area contributed by atoms with Crippen LogP contribution in [0.2, 0.25) is 0 Å². The van der Waals surface area contributed by atoms with E-state index >= 15 is 0 Å². The van der Waals surface area contributed by atoms with E-state index in [-0.39, 0.29) is 35.8 Å². The van der Waals surface area contributed by atoms with Gasteiger partial charge in [0.25, 0.3) is 11.8 Å². The largest absolute Gasteiger partial charge is 0.482 e. The molecular weight excluding hydrogens is 721 g/mol. The Hall–Kier alpha value is -6.49. The summed E-state index contributed by atoms with van der Waals surface area (Å²) >= 11 is 0. The van der Waals surface area contributed by atoms with Gasteiger partial charge in [-0.25, -0.2) is 9.37 Å². The highest BCUT2D eigenvalue weighted by Gasteiger charge is 2.45. The van der Waals surface area contributed by atoms with Gasteiger partial charge in [-0.2, -0.15) is 15.0 Å². The predicted octanol–water partition coefficient (Wildman–Crippen LogP) is 2.65. The summed E-state index contributed by atoms with van der Waals surface area (Å²) in [7, 11) is 0. The molecule has 2 aromatic carbocycles. The number of amides is 4. The number of ether oxygens (including phenoxy) is 1. The molecule has 3 fully saturated rings. The summed E-state index contributed by atoms with van der Waals surface area (Å²) in [6, 6.07) is 10.7. The fourth-order valence-electron chi connectivity index (χ4n) is 7.69. The summed E-state index contributed by atoms with van der Waals surface area (Å²) in [6.45, 7) is 5.08. The van der Waals surface area contributed by atoms with Gasteiger partial charge in [-0.15, -0.1) is 0 Å². The Morgan fingerprint density at radius 1 is 1.00 bits per heavy atom. The van der Waals surface area contributed by atoms with Crippen molar-refractivity contribution in [2.45, 2.75) is 56.8 Å². The standard InChI is InChI=1S/C39H40FN11O5/c1-22(30-15-25(40)2-5-32(30)51-45-10-11-46-51)56-34-14-23(18-44-36(34)42)24(17-41)19-43-26-8-12-48(13-9-26)28-20-49(21-28)27-3-4-29-31(16-27)39(55)50(38(29)54)33-6-7-35(52)47-37(33)53/h2-5,10-11,14-19,22,26,28,33H,6-9,12-13,20-21,41H2,1H3,(H2,42,44)(H,47,52,53)/b24-17+,43-19?. The third-order valence-electron chi connectivity index (χ3n) is 10.9. The first-order chi connectivity index (χ1) is 27.1. The molecule has 0 aliphatic carbocycles. The number of nitrogens with one attached hydrogen (secondary N) is 1. The molecule has 288 valence electrons. The molecule has 2 aromatic heterocycles. The molecule has 4 aliphatic heterocycles. The Bertz CT molecular complexity index is 2260. The molecular formula is C39H40FN11O5. The summed E-state index contributed by atoms with van der Waals surface area (Å²) < 4.78 is 20.5. The van der Waals surface area contributed by atoms with E-state index in [1.165, 1.54) is 35.5 Å². The second-order valence-corrected chi connectivity index (χ2v) is 14.3. The molecule has 0 spiro atoms. The summed E-state index contributed by atoms with van der Waals surface area (Å²) in [4.78, 5) is 66.6. The molecule has 4 amide bonds. The van der Waals surface area contributed by atoms with Gasteiger partial charge >= 0.3 is 0 Å². The smallest absolute Gasteiger partial charge is 0.262 e. The van der Waals surface area contributed by atoms with Crippen LogP contribution in [0.5, 0.6) is 5.75 Å². The van der Waals surface area contributed by atoms with Crippen LogP contribution < -0.4 is 26.4 Å². The number of carbonyl (C=O) groups excluding carboxylic acids is 4. The zero-order valence-electron chi connectivity index (χ0n) is 30.5. The van der Waals surface area contributed by atoms with Crippen LogP contribution in [0.1, 0.15) is 70.6 Å². The van der Waals surface area contributed by atoms with E-state index in [2.05, 4.69) is 30.3 Å². The SMILES string of the molecule is CC(Oc1cc(/C(C=NC2CCN(C3CN(c4ccc5c(c4)C(=O)N(C4CCC(=O)NC4=O)C5=O)C3)CC2)=C/N)cnc1N)c1cc(F)ccc1-n1nccn1. The molecule has 8 rings (SSSR count). The van der Waals surface area contributed by atoms with Gasteiger partial charge in [0.15, 0.2) is 11.6 Å². The van der Waals surface area contributed by atoms with Crippen LogP contribution in [0.3, 0.4) is 0 Å². The molecule has 3 saturated heterocycles. The number of hydrogen-bond donors (Lipinski definition) is 3. The Morgan fingerprint density at radius 2 is 1.75 bits per heavy atom. The van der Waals surface area contributed by atoms with Crippen LogP contribution >= 0.6 is 0 Å². The molecule has 16 nitrogen and oxygen atoms in total. The molecule has 2 unspecified atom stereocenters. The van der Waals surface area contributed by atoms with Gasteiger partial charge < -0.3 is 21.1 Å². The van der Waals surface area contributed by atoms with Crippen molar-refractivity contribution < 1.29 is 28.3 Å². The first-order valence-electron chi connectivity index (χ1n) is 18.5. The maximum atomic E-state index is 14.3. The molecule has 0 radical (unpaired) electrons. The van der Waals surface area contributed by atoms with E-state index in [9.17, 15) is 23.6 Å². The van der Waals surface area contributed by atoms with Gasteiger partial charge in [0.05, 0.1) is 35.2 Å². The zero-order valence-corrected chi connectivity index (χ0v) is 30.5. The molecule has 4 aromatic rings. The number of imide groups is 2. The normalized spacial score (nSPS) is 20.4. The number of benzene rings is 2. The molecule has 56 heavy (non-hydrogen) atoms. The highest BCUT2D eigenvalue weighted by Crippen LogP contribution is 2.34. The highest BCUT2D eigenvalue weighted by atomic mass is 19.1. The number of likely N-dealkylation sites (tertiary alicyclic amines) is 1. The second kappa shape index (κ2) is 15.0. The van der Waals surface area contributed by atoms with Crippen molar-refractivity contribution in [2.75, 3.05) is 36.8 Å². The lowest BCUT2D eigenvalue weighted by atomic mass is 9.98. The number of anilines is 2. The van der Waals surface area contributed by atoms with Crippen LogP contribution in [0.25, 0.3) is 11.3 Å². The van der Waals surface area contributed by atoms with Crippen molar-refractivity contribution in [3.63, 3.8) is 0 Å². The molecule has 4 aliphatic rings. The number of nitrogens with two attached hydrogens (primary N) is 2. The van der Waals surface area contributed by atoms with Gasteiger partial charge in [-0.05, 0) is 68.7 Å². The summed E-state index contributed by atoms with van der Waals surface area (Å²) in [6.07, 6.45) is 9.19. The van der Waals surface area contributed by atoms with Crippen molar-refractivity contribution in [3.8, 4) is 11.4 Å². The molecule has 2 atom stereocenters. The van der Waals surface area contributed by atoms with Crippen molar-refractivity contribution in [3.05, 3.63) is 95.3 Å². The van der Waals surface area contributed by atoms with Gasteiger partial charge in [0.1, 0.15) is 18.0 Å². The number of nitrogens with zero attached hydrogens (tertiary/aromatic N) is 8. The monoisotopic (exact) mass is 761 g/mol. The lowest BCUT2D eigenvalue weighted by Crippen LogP contribution is -2.61. The fourth-order valence-corrected chi connectivity index (χ4v) is 7.69. The average Bonchev–Trinajstić information content (AvgIpc) is 3.79. The van der Waals surface area contributed by atoms with Crippen LogP contribution in [-0.4, -0.2) is 104 Å². The summed E-state index contributed by atoms with van der Waals surface area (Å²) in [5, 5.41) is 10.6. The number of fused-ring (bicyclic) bond motifs is 1. The number of allylic oxidation sites excluding steroid dienone is 1. The Labute approximate surface area is 321 Å². The van der Waals surface area contributed by atoms with Crippen molar-refractivity contribution in [2.24, 2.45) is 10.7 Å². The number of halogens is 1. The Morgan fingerprint density at radius 3 is 2.48 bits per heavy atom. The number of rotatable bonds is 10. The van der Waals surface area contributed by atoms with Crippen molar-refractivity contribution >= 4 is 46.9 Å². The molecule has 5 N–H and O–H groups in total. The number of hydrogen-bond acceptors (Lipinski definition) is 13. The third kappa shape index (κ3) is 6.96. The minimum atomic E-state index is -0.992. The summed E-state index contributed by atoms with van der Waals surface area (Å²) in [5.74, 6) is -2.00. The van der Waals surface area contributed by atoms with Gasteiger partial charge in [0.2, 0.25) is 11.8 Å². The van der Waals surface area contributed by atoms with Crippen molar-refractivity contribution in [1.29, 1.82) is 0 Å². The molecule has 6 heterocycles. The minimum Gasteiger partial charge on any atom is -0.482 e. The number of piperidine rings is 2. The lowest BCUT2D eigenvalue weighted by Gasteiger charge is -2.48. The molecule has 0 saturated carbocycles. The maximum absolute atomic E-state index is 14.3. The van der Waals surface area contributed by atoms with E-state index in [1.807, 2.05) is 6.07 Å². The van der Waals surface area contributed by atoms with Crippen LogP contribution in [-0.2, 0) is 9.59 Å². The van der Waals surface area contributed by atoms with E-state index in [4.69, 9.17) is 21.2 Å². The number of carbonyl (C=O) groups is 4. The Balaban J connectivity index is 0.849. The van der Waals surface area contributed by atoms with E-state index in [0.29, 0.717) is 34.2 Å². The summed E-state index contributed by atoms with van der Waals surface area (Å²) in [5.41, 5.74) is 16.0. The first kappa shape index (κ1) is 36.5. The Kier molecular flexibility index (Phi) is 9.76. The highest BCUT2D eigenvalue weighted by molar-refractivity contribution is 6.23. The third-order valence-corrected chi connectivity index (χ3v) is 10.9. The van der Waals surface area contributed by atoms with Gasteiger partial charge in [-0.1, -0.05) is 0 Å². The number of aliphatic imine (C=N–C) groups is 1. The van der Waals surface area contributed by atoms with Crippen molar-refractivity contribution in [1.82, 2.24) is 35.1 Å². The van der Waals surface area contributed by atoms with Crippen LogP contribution in [0, 0.1) is 5.82 Å². The molecule has 0 bridgehead atoms.